The second-order valence-electron chi connectivity index (χ2n) is 3.57. The molecule has 1 saturated heterocycles. The van der Waals surface area contributed by atoms with E-state index < -0.39 is 17.7 Å². The van der Waals surface area contributed by atoms with Gasteiger partial charge in [0.1, 0.15) is 6.10 Å². The van der Waals surface area contributed by atoms with E-state index in [0.717, 1.165) is 0 Å². The number of aliphatic hydroxyl groups excluding tert-OH is 1. The number of Topliss-reactive ketones (excluding diaryl/α,β-unsaturated/α-hetero) is 1. The van der Waals surface area contributed by atoms with Gasteiger partial charge in [-0.15, -0.1) is 0 Å². The number of likely N-dealkylation sites (tertiary alicyclic amines) is 1. The van der Waals surface area contributed by atoms with E-state index in [9.17, 15) is 14.7 Å². The number of carbonyl (C=O) groups excluding carboxylic acids is 2. The molecule has 1 aliphatic carbocycles. The lowest BCUT2D eigenvalue weighted by molar-refractivity contribution is -0.133. The van der Waals surface area contributed by atoms with Gasteiger partial charge in [0.25, 0.3) is 5.78 Å². The molecule has 2 rings (SSSR count). The Morgan fingerprint density at radius 3 is 2.80 bits per heavy atom. The van der Waals surface area contributed by atoms with Crippen molar-refractivity contribution in [1.29, 1.82) is 0 Å². The van der Waals surface area contributed by atoms with Crippen molar-refractivity contribution in [3.63, 3.8) is 0 Å². The summed E-state index contributed by atoms with van der Waals surface area (Å²) in [4.78, 5) is 24.5. The van der Waals surface area contributed by atoms with Gasteiger partial charge in [0.05, 0.1) is 18.4 Å². The smallest absolute Gasteiger partial charge is 0.267 e. The summed E-state index contributed by atoms with van der Waals surface area (Å²) in [6.07, 6.45) is 0.476. The summed E-state index contributed by atoms with van der Waals surface area (Å²) in [5.74, 6) is -1.33. The maximum Gasteiger partial charge on any atom is 0.267 e. The van der Waals surface area contributed by atoms with Crippen LogP contribution in [0.3, 0.4) is 0 Å². The lowest BCUT2D eigenvalue weighted by atomic mass is 9.98. The number of ketones is 2. The van der Waals surface area contributed by atoms with Crippen molar-refractivity contribution in [2.45, 2.75) is 6.10 Å². The van der Waals surface area contributed by atoms with Gasteiger partial charge in [0.2, 0.25) is 5.78 Å². The summed E-state index contributed by atoms with van der Waals surface area (Å²) in [6.45, 7) is 0.370. The molecule has 80 valence electrons. The molecule has 0 radical (unpaired) electrons. The van der Waals surface area contributed by atoms with Gasteiger partial charge in [0.15, 0.2) is 5.76 Å². The summed E-state index contributed by atoms with van der Waals surface area (Å²) in [5, 5.41) is 9.72. The minimum Gasteiger partial charge on any atom is -0.492 e. The van der Waals surface area contributed by atoms with E-state index in [1.807, 2.05) is 0 Å². The van der Waals surface area contributed by atoms with E-state index in [-0.39, 0.29) is 5.76 Å². The van der Waals surface area contributed by atoms with Crippen molar-refractivity contribution < 1.29 is 19.4 Å². The number of ether oxygens (including phenoxy) is 1. The molecule has 0 spiro atoms. The van der Waals surface area contributed by atoms with Crippen LogP contribution in [0.4, 0.5) is 0 Å². The molecule has 5 nitrogen and oxygen atoms in total. The fourth-order valence-electron chi connectivity index (χ4n) is 1.91. The Hall–Kier alpha value is -1.62. The molecule has 0 amide bonds. The van der Waals surface area contributed by atoms with Crippen molar-refractivity contribution in [3.8, 4) is 0 Å². The van der Waals surface area contributed by atoms with Crippen LogP contribution < -0.4 is 0 Å². The quantitative estimate of drug-likeness (QED) is 0.453. The first-order valence-corrected chi connectivity index (χ1v) is 4.54. The fraction of sp³-hybridized carbons (Fsp3) is 0.400. The van der Waals surface area contributed by atoms with Gasteiger partial charge in [-0.1, -0.05) is 0 Å². The largest absolute Gasteiger partial charge is 0.492 e. The van der Waals surface area contributed by atoms with E-state index in [1.54, 1.807) is 11.9 Å². The van der Waals surface area contributed by atoms with Gasteiger partial charge in [-0.3, -0.25) is 9.59 Å². The lowest BCUT2D eigenvalue weighted by Gasteiger charge is -2.17. The number of hydrogen-bond acceptors (Lipinski definition) is 5. The molecule has 5 heteroatoms. The van der Waals surface area contributed by atoms with Crippen LogP contribution in [-0.4, -0.2) is 48.4 Å². The molecule has 1 heterocycles. The van der Waals surface area contributed by atoms with Crippen LogP contribution in [-0.2, 0) is 14.3 Å². The number of allylic oxidation sites excluding steroid dienone is 2. The van der Waals surface area contributed by atoms with E-state index in [2.05, 4.69) is 0 Å². The first-order valence-electron chi connectivity index (χ1n) is 4.54. The third kappa shape index (κ3) is 1.27. The van der Waals surface area contributed by atoms with Crippen molar-refractivity contribution in [2.24, 2.45) is 0 Å². The molecule has 1 atom stereocenters. The number of nitrogens with zero attached hydrogens (tertiary/aromatic N) is 1. The normalized spacial score (nSPS) is 25.7. The molecule has 15 heavy (non-hydrogen) atoms. The Morgan fingerprint density at radius 2 is 2.20 bits per heavy atom. The maximum absolute atomic E-state index is 11.4. The molecule has 1 aliphatic heterocycles. The molecular formula is C10H11NO4. The molecule has 0 aromatic heterocycles. The Labute approximate surface area is 86.6 Å². The van der Waals surface area contributed by atoms with Gasteiger partial charge >= 0.3 is 0 Å². The van der Waals surface area contributed by atoms with Gasteiger partial charge < -0.3 is 14.7 Å². The third-order valence-corrected chi connectivity index (χ3v) is 2.61. The molecule has 0 bridgehead atoms. The first-order chi connectivity index (χ1) is 7.06. The highest BCUT2D eigenvalue weighted by molar-refractivity contribution is 6.48. The summed E-state index contributed by atoms with van der Waals surface area (Å²) >= 11 is 0. The zero-order chi connectivity index (χ0) is 11.2. The van der Waals surface area contributed by atoms with Crippen molar-refractivity contribution in [3.05, 3.63) is 23.1 Å². The van der Waals surface area contributed by atoms with Gasteiger partial charge in [-0.2, -0.15) is 0 Å². The molecule has 1 fully saturated rings. The van der Waals surface area contributed by atoms with Crippen LogP contribution in [0.2, 0.25) is 0 Å². The molecule has 0 aromatic rings. The number of β-amino-alcohol motifs (C(OH)–C–C–N with tert-alkyl or cyclic N) is 1. The minimum atomic E-state index is -0.770. The van der Waals surface area contributed by atoms with Crippen LogP contribution in [0.15, 0.2) is 23.1 Å². The van der Waals surface area contributed by atoms with E-state index in [4.69, 9.17) is 4.74 Å². The minimum absolute atomic E-state index is 0.0330. The highest BCUT2D eigenvalue weighted by atomic mass is 16.5. The van der Waals surface area contributed by atoms with Gasteiger partial charge in [-0.05, 0) is 0 Å². The van der Waals surface area contributed by atoms with Crippen molar-refractivity contribution in [2.75, 3.05) is 20.7 Å². The topological polar surface area (TPSA) is 66.8 Å². The number of likely N-dealkylation sites (N-methyl/N-ethyl adjacent to an activating group) is 1. The summed E-state index contributed by atoms with van der Waals surface area (Å²) < 4.78 is 4.89. The van der Waals surface area contributed by atoms with Crippen LogP contribution in [0.25, 0.3) is 0 Å². The number of carbonyl (C=O) groups is 2. The Morgan fingerprint density at radius 1 is 1.53 bits per heavy atom. The highest BCUT2D eigenvalue weighted by Gasteiger charge is 2.39. The summed E-state index contributed by atoms with van der Waals surface area (Å²) in [7, 11) is 3.07. The van der Waals surface area contributed by atoms with Crippen molar-refractivity contribution >= 4 is 11.6 Å². The fourth-order valence-corrected chi connectivity index (χ4v) is 1.91. The average Bonchev–Trinajstić information content (AvgIpc) is 2.45. The molecule has 2 aliphatic rings. The number of fused-ring (bicyclic) bond motifs is 1. The molecule has 1 unspecified atom stereocenters. The third-order valence-electron chi connectivity index (χ3n) is 2.61. The van der Waals surface area contributed by atoms with Crippen LogP contribution in [0.5, 0.6) is 0 Å². The number of hydrogen-bond donors (Lipinski definition) is 1. The molecule has 0 saturated carbocycles. The highest BCUT2D eigenvalue weighted by Crippen LogP contribution is 2.32. The molecule has 0 aromatic carbocycles. The Kier molecular flexibility index (Phi) is 2.12. The maximum atomic E-state index is 11.4. The summed E-state index contributed by atoms with van der Waals surface area (Å²) in [5.41, 5.74) is 0.994. The SMILES string of the molecule is COC1=C2C(=CC(=O)C1=O)N(C)CC2O. The second-order valence-corrected chi connectivity index (χ2v) is 3.57. The predicted molar refractivity (Wildman–Crippen MR) is 50.8 cm³/mol. The van der Waals surface area contributed by atoms with E-state index in [0.29, 0.717) is 17.8 Å². The first kappa shape index (κ1) is 9.92. The predicted octanol–water partition coefficient (Wildman–Crippen LogP) is -0.771. The zero-order valence-corrected chi connectivity index (χ0v) is 8.48. The van der Waals surface area contributed by atoms with E-state index >= 15 is 0 Å². The Bertz CT molecular complexity index is 408. The van der Waals surface area contributed by atoms with Crippen molar-refractivity contribution in [1.82, 2.24) is 4.90 Å². The van der Waals surface area contributed by atoms with Crippen LogP contribution in [0, 0.1) is 0 Å². The van der Waals surface area contributed by atoms with E-state index in [1.165, 1.54) is 13.2 Å². The number of methoxy groups -OCH3 is 1. The number of rotatable bonds is 1. The van der Waals surface area contributed by atoms with Crippen LogP contribution >= 0.6 is 0 Å². The summed E-state index contributed by atoms with van der Waals surface area (Å²) in [6, 6.07) is 0. The second kappa shape index (κ2) is 3.20. The average molecular weight is 209 g/mol. The zero-order valence-electron chi connectivity index (χ0n) is 8.48. The van der Waals surface area contributed by atoms with Gasteiger partial charge in [0, 0.05) is 19.7 Å². The van der Waals surface area contributed by atoms with Crippen LogP contribution in [0.1, 0.15) is 0 Å². The molecule has 1 N–H and O–H groups in total. The Balaban J connectivity index is 2.59. The lowest BCUT2D eigenvalue weighted by Crippen LogP contribution is -2.25. The number of aliphatic hydroxyl groups is 1. The van der Waals surface area contributed by atoms with Gasteiger partial charge in [-0.25, -0.2) is 0 Å². The standard InChI is InChI=1S/C10H11NO4/c1-11-4-7(13)8-5(11)3-6(12)9(14)10(8)15-2/h3,7,13H,4H2,1-2H3. The monoisotopic (exact) mass is 209 g/mol. The molecular weight excluding hydrogens is 198 g/mol.